The summed E-state index contributed by atoms with van der Waals surface area (Å²) >= 11 is 0. The highest BCUT2D eigenvalue weighted by Gasteiger charge is 2.30. The molecule has 0 spiro atoms. The number of rotatable bonds is 11. The molecule has 0 radical (unpaired) electrons. The molecule has 0 aliphatic heterocycles. The topological polar surface area (TPSA) is 93.0 Å². The number of hydrogen-bond donors (Lipinski definition) is 0. The SMILES string of the molecule is COCCN(CC(=O)N(Cc1ccccc1)Cc1ccco1)S(=O)(=O)c1cccc2cccnc12. The molecule has 4 aromatic rings. The van der Waals surface area contributed by atoms with Crippen LogP contribution in [-0.4, -0.2) is 55.3 Å². The van der Waals surface area contributed by atoms with Crippen LogP contribution in [0, 0.1) is 0 Å². The lowest BCUT2D eigenvalue weighted by molar-refractivity contribution is -0.133. The summed E-state index contributed by atoms with van der Waals surface area (Å²) in [6, 6.07) is 21.6. The Labute approximate surface area is 204 Å². The van der Waals surface area contributed by atoms with Crippen molar-refractivity contribution in [2.45, 2.75) is 18.0 Å². The number of benzene rings is 2. The van der Waals surface area contributed by atoms with Crippen LogP contribution in [0.3, 0.4) is 0 Å². The fraction of sp³-hybridized carbons (Fsp3) is 0.231. The van der Waals surface area contributed by atoms with E-state index in [0.29, 0.717) is 23.2 Å². The van der Waals surface area contributed by atoms with Gasteiger partial charge in [0, 0.05) is 31.8 Å². The van der Waals surface area contributed by atoms with Crippen LogP contribution < -0.4 is 0 Å². The van der Waals surface area contributed by atoms with Crippen molar-refractivity contribution >= 4 is 26.8 Å². The van der Waals surface area contributed by atoms with E-state index in [0.717, 1.165) is 9.87 Å². The van der Waals surface area contributed by atoms with Gasteiger partial charge in [0.25, 0.3) is 0 Å². The number of aromatic nitrogens is 1. The standard InChI is InChI=1S/C26H27N3O5S/c1-33-17-15-29(35(31,32)24-13-5-10-22-11-6-14-27-26(22)24)20-25(30)28(19-23-12-7-16-34-23)18-21-8-3-2-4-9-21/h2-14,16H,15,17-20H2,1H3. The van der Waals surface area contributed by atoms with Gasteiger partial charge < -0.3 is 14.1 Å². The second-order valence-electron chi connectivity index (χ2n) is 7.98. The van der Waals surface area contributed by atoms with E-state index in [4.69, 9.17) is 9.15 Å². The Kier molecular flexibility index (Phi) is 7.91. The number of hydrogen-bond acceptors (Lipinski definition) is 6. The molecular formula is C26H27N3O5S. The first-order chi connectivity index (χ1) is 17.0. The predicted octanol–water partition coefficient (Wildman–Crippen LogP) is 3.69. The molecule has 0 fully saturated rings. The fourth-order valence-corrected chi connectivity index (χ4v) is 5.32. The van der Waals surface area contributed by atoms with Crippen molar-refractivity contribution in [1.82, 2.24) is 14.2 Å². The largest absolute Gasteiger partial charge is 0.467 e. The normalized spacial score (nSPS) is 11.7. The summed E-state index contributed by atoms with van der Waals surface area (Å²) in [5, 5.41) is 0.704. The minimum absolute atomic E-state index is 0.0216. The molecule has 1 amide bonds. The number of methoxy groups -OCH3 is 1. The molecule has 0 aliphatic rings. The molecule has 2 aromatic heterocycles. The number of ether oxygens (including phenoxy) is 1. The van der Waals surface area contributed by atoms with Gasteiger partial charge in [-0.2, -0.15) is 4.31 Å². The third-order valence-electron chi connectivity index (χ3n) is 5.57. The number of nitrogens with zero attached hydrogens (tertiary/aromatic N) is 3. The summed E-state index contributed by atoms with van der Waals surface area (Å²) < 4.78 is 39.2. The molecular weight excluding hydrogens is 466 g/mol. The van der Waals surface area contributed by atoms with Crippen molar-refractivity contribution in [2.24, 2.45) is 0 Å². The zero-order valence-corrected chi connectivity index (χ0v) is 20.2. The molecule has 0 aliphatic carbocycles. The Balaban J connectivity index is 1.64. The average molecular weight is 494 g/mol. The molecule has 2 aromatic carbocycles. The monoisotopic (exact) mass is 493 g/mol. The van der Waals surface area contributed by atoms with Gasteiger partial charge in [-0.3, -0.25) is 9.78 Å². The third kappa shape index (κ3) is 5.94. The van der Waals surface area contributed by atoms with E-state index in [1.165, 1.54) is 13.2 Å². The molecule has 0 atom stereocenters. The van der Waals surface area contributed by atoms with Crippen LogP contribution in [0.2, 0.25) is 0 Å². The second kappa shape index (κ2) is 11.3. The highest BCUT2D eigenvalue weighted by atomic mass is 32.2. The van der Waals surface area contributed by atoms with E-state index in [9.17, 15) is 13.2 Å². The van der Waals surface area contributed by atoms with E-state index in [2.05, 4.69) is 4.98 Å². The number of amides is 1. The van der Waals surface area contributed by atoms with Crippen molar-refractivity contribution in [2.75, 3.05) is 26.8 Å². The predicted molar refractivity (Wildman–Crippen MR) is 132 cm³/mol. The van der Waals surface area contributed by atoms with Gasteiger partial charge in [-0.05, 0) is 29.8 Å². The molecule has 4 rings (SSSR count). The van der Waals surface area contributed by atoms with Gasteiger partial charge in [0.05, 0.1) is 31.5 Å². The minimum Gasteiger partial charge on any atom is -0.467 e. The summed E-state index contributed by atoms with van der Waals surface area (Å²) in [5.41, 5.74) is 1.29. The minimum atomic E-state index is -4.04. The summed E-state index contributed by atoms with van der Waals surface area (Å²) in [7, 11) is -2.55. The Morgan fingerprint density at radius 2 is 1.77 bits per heavy atom. The van der Waals surface area contributed by atoms with Crippen LogP contribution in [0.25, 0.3) is 10.9 Å². The molecule has 9 heteroatoms. The van der Waals surface area contributed by atoms with Crippen LogP contribution in [0.5, 0.6) is 0 Å². The summed E-state index contributed by atoms with van der Waals surface area (Å²) in [6.45, 7) is 0.348. The van der Waals surface area contributed by atoms with E-state index in [-0.39, 0.29) is 37.0 Å². The summed E-state index contributed by atoms with van der Waals surface area (Å²) in [5.74, 6) is 0.261. The quantitative estimate of drug-likeness (QED) is 0.316. The number of fused-ring (bicyclic) bond motifs is 1. The Morgan fingerprint density at radius 1 is 0.971 bits per heavy atom. The van der Waals surface area contributed by atoms with Crippen LogP contribution in [0.1, 0.15) is 11.3 Å². The van der Waals surface area contributed by atoms with Crippen molar-refractivity contribution < 1.29 is 22.4 Å². The molecule has 0 saturated carbocycles. The second-order valence-corrected chi connectivity index (χ2v) is 9.88. The van der Waals surface area contributed by atoms with Gasteiger partial charge in [-0.25, -0.2) is 8.42 Å². The number of carbonyl (C=O) groups is 1. The molecule has 0 unspecified atom stereocenters. The Bertz CT molecular complexity index is 1350. The maximum Gasteiger partial charge on any atom is 0.245 e. The van der Waals surface area contributed by atoms with E-state index in [1.54, 1.807) is 53.8 Å². The molecule has 35 heavy (non-hydrogen) atoms. The molecule has 8 nitrogen and oxygen atoms in total. The van der Waals surface area contributed by atoms with Crippen molar-refractivity contribution in [1.29, 1.82) is 0 Å². The highest BCUT2D eigenvalue weighted by Crippen LogP contribution is 2.24. The first kappa shape index (κ1) is 24.6. The average Bonchev–Trinajstić information content (AvgIpc) is 3.39. The van der Waals surface area contributed by atoms with E-state index in [1.807, 2.05) is 30.3 Å². The molecule has 0 N–H and O–H groups in total. The van der Waals surface area contributed by atoms with Crippen molar-refractivity contribution in [3.05, 3.63) is 96.6 Å². The fourth-order valence-electron chi connectivity index (χ4n) is 3.78. The number of pyridine rings is 1. The smallest absolute Gasteiger partial charge is 0.245 e. The van der Waals surface area contributed by atoms with Crippen molar-refractivity contribution in [3.8, 4) is 0 Å². The van der Waals surface area contributed by atoms with Gasteiger partial charge in [0.2, 0.25) is 15.9 Å². The molecule has 0 saturated heterocycles. The van der Waals surface area contributed by atoms with Crippen molar-refractivity contribution in [3.63, 3.8) is 0 Å². The van der Waals surface area contributed by atoms with Gasteiger partial charge >= 0.3 is 0 Å². The number of furan rings is 1. The first-order valence-corrected chi connectivity index (χ1v) is 12.6. The number of sulfonamides is 1. The van der Waals surface area contributed by atoms with E-state index >= 15 is 0 Å². The summed E-state index contributed by atoms with van der Waals surface area (Å²) in [4.78, 5) is 19.4. The maximum absolute atomic E-state index is 13.7. The zero-order valence-electron chi connectivity index (χ0n) is 19.4. The maximum atomic E-state index is 13.7. The van der Waals surface area contributed by atoms with Crippen LogP contribution in [-0.2, 0) is 32.6 Å². The Morgan fingerprint density at radius 3 is 2.51 bits per heavy atom. The van der Waals surface area contributed by atoms with E-state index < -0.39 is 10.0 Å². The first-order valence-electron chi connectivity index (χ1n) is 11.2. The number of para-hydroxylation sites is 1. The van der Waals surface area contributed by atoms with Crippen LogP contribution >= 0.6 is 0 Å². The lowest BCUT2D eigenvalue weighted by Gasteiger charge is -2.27. The zero-order chi connectivity index (χ0) is 24.7. The van der Waals surface area contributed by atoms with Gasteiger partial charge in [-0.15, -0.1) is 0 Å². The third-order valence-corrected chi connectivity index (χ3v) is 7.44. The molecule has 182 valence electrons. The summed E-state index contributed by atoms with van der Waals surface area (Å²) in [6.07, 6.45) is 3.10. The van der Waals surface area contributed by atoms with Gasteiger partial charge in [-0.1, -0.05) is 48.5 Å². The molecule has 2 heterocycles. The van der Waals surface area contributed by atoms with Gasteiger partial charge in [0.15, 0.2) is 0 Å². The Hall–Kier alpha value is -3.53. The lowest BCUT2D eigenvalue weighted by atomic mass is 10.2. The number of carbonyl (C=O) groups excluding carboxylic acids is 1. The van der Waals surface area contributed by atoms with Crippen LogP contribution in [0.4, 0.5) is 0 Å². The molecule has 0 bridgehead atoms. The highest BCUT2D eigenvalue weighted by molar-refractivity contribution is 7.89. The van der Waals surface area contributed by atoms with Crippen LogP contribution in [0.15, 0.2) is 94.6 Å². The van der Waals surface area contributed by atoms with Gasteiger partial charge in [0.1, 0.15) is 10.7 Å². The lowest BCUT2D eigenvalue weighted by Crippen LogP contribution is -2.43.